The number of rotatable bonds is 1. The first kappa shape index (κ1) is 5.35. The minimum absolute atomic E-state index is 0.0224. The molecule has 1 saturated heterocycles. The summed E-state index contributed by atoms with van der Waals surface area (Å²) in [5.74, 6) is 0. The zero-order chi connectivity index (χ0) is 5.33. The molecule has 0 aromatic heterocycles. The van der Waals surface area contributed by atoms with Crippen LogP contribution in [0.2, 0.25) is 0 Å². The Kier molecular flexibility index (Phi) is 1.24. The highest BCUT2D eigenvalue weighted by Crippen LogP contribution is 2.23. The Hall–Kier alpha value is 0.210. The third-order valence-corrected chi connectivity index (χ3v) is 1.34. The van der Waals surface area contributed by atoms with E-state index in [0.29, 0.717) is 13.2 Å². The van der Waals surface area contributed by atoms with E-state index in [0.717, 1.165) is 0 Å². The molecule has 0 radical (unpaired) electrons. The van der Waals surface area contributed by atoms with Gasteiger partial charge in [-0.1, -0.05) is 0 Å². The molecule has 1 fully saturated rings. The average Bonchev–Trinajstić information content (AvgIpc) is 1.61. The third-order valence-electron chi connectivity index (χ3n) is 1.00. The van der Waals surface area contributed by atoms with Gasteiger partial charge in [0.1, 0.15) is 4.87 Å². The number of aliphatic hydroxyl groups is 1. The van der Waals surface area contributed by atoms with E-state index in [1.54, 1.807) is 0 Å². The first-order chi connectivity index (χ1) is 3.27. The van der Waals surface area contributed by atoms with Crippen molar-refractivity contribution in [3.63, 3.8) is 0 Å². The lowest BCUT2D eigenvalue weighted by atomic mass is 10.1. The van der Waals surface area contributed by atoms with E-state index in [-0.39, 0.29) is 6.61 Å². The van der Waals surface area contributed by atoms with Crippen LogP contribution in [0.5, 0.6) is 0 Å². The molecule has 1 heterocycles. The third kappa shape index (κ3) is 0.876. The molecule has 1 N–H and O–H groups in total. The normalized spacial score (nSPS) is 26.6. The van der Waals surface area contributed by atoms with Crippen molar-refractivity contribution in [3.8, 4) is 0 Å². The van der Waals surface area contributed by atoms with Gasteiger partial charge in [-0.05, 0) is 0 Å². The number of aliphatic hydroxyl groups excluding tert-OH is 1. The molecule has 7 heavy (non-hydrogen) atoms. The second-order valence-electron chi connectivity index (χ2n) is 1.80. The van der Waals surface area contributed by atoms with Crippen LogP contribution in [0, 0.1) is 0 Å². The molecule has 0 atom stereocenters. The van der Waals surface area contributed by atoms with Crippen LogP contribution in [0.15, 0.2) is 0 Å². The van der Waals surface area contributed by atoms with Gasteiger partial charge in [-0.25, -0.2) is 0 Å². The van der Waals surface area contributed by atoms with Crippen molar-refractivity contribution in [2.24, 2.45) is 0 Å². The predicted molar refractivity (Wildman–Crippen MR) is 26.5 cm³/mol. The molecule has 0 saturated carbocycles. The summed E-state index contributed by atoms with van der Waals surface area (Å²) in [5.41, 5.74) is 0. The van der Waals surface area contributed by atoms with Crippen molar-refractivity contribution >= 4 is 11.6 Å². The van der Waals surface area contributed by atoms with Gasteiger partial charge in [0.05, 0.1) is 19.8 Å². The number of alkyl halides is 1. The Labute approximate surface area is 47.0 Å². The zero-order valence-electron chi connectivity index (χ0n) is 3.85. The molecule has 42 valence electrons. The highest BCUT2D eigenvalue weighted by molar-refractivity contribution is 6.24. The summed E-state index contributed by atoms with van der Waals surface area (Å²) >= 11 is 5.62. The average molecular weight is 123 g/mol. The van der Waals surface area contributed by atoms with Gasteiger partial charge in [0.25, 0.3) is 0 Å². The molecule has 3 heteroatoms. The minimum Gasteiger partial charge on any atom is -0.394 e. The second kappa shape index (κ2) is 1.62. The lowest BCUT2D eigenvalue weighted by Crippen LogP contribution is -2.47. The Morgan fingerprint density at radius 3 is 2.29 bits per heavy atom. The lowest BCUT2D eigenvalue weighted by Gasteiger charge is -2.33. The van der Waals surface area contributed by atoms with Gasteiger partial charge in [-0.15, -0.1) is 11.6 Å². The van der Waals surface area contributed by atoms with Crippen molar-refractivity contribution in [1.29, 1.82) is 0 Å². The molecule has 1 aliphatic heterocycles. The van der Waals surface area contributed by atoms with Crippen LogP contribution in [0.1, 0.15) is 0 Å². The van der Waals surface area contributed by atoms with E-state index in [4.69, 9.17) is 21.4 Å². The molecule has 1 aliphatic rings. The van der Waals surface area contributed by atoms with Crippen molar-refractivity contribution < 1.29 is 9.84 Å². The fraction of sp³-hybridized carbons (Fsp3) is 1.00. The molecular weight excluding hydrogens is 115 g/mol. The highest BCUT2D eigenvalue weighted by Gasteiger charge is 2.35. The van der Waals surface area contributed by atoms with Gasteiger partial charge < -0.3 is 9.84 Å². The number of hydrogen-bond acceptors (Lipinski definition) is 2. The number of halogens is 1. The van der Waals surface area contributed by atoms with E-state index >= 15 is 0 Å². The van der Waals surface area contributed by atoms with Crippen LogP contribution in [0.25, 0.3) is 0 Å². The number of ether oxygens (including phenoxy) is 1. The molecule has 0 spiro atoms. The lowest BCUT2D eigenvalue weighted by molar-refractivity contribution is -0.0362. The minimum atomic E-state index is -0.431. The number of hydrogen-bond donors (Lipinski definition) is 1. The van der Waals surface area contributed by atoms with E-state index in [1.165, 1.54) is 0 Å². The second-order valence-corrected chi connectivity index (χ2v) is 2.60. The first-order valence-electron chi connectivity index (χ1n) is 2.14. The van der Waals surface area contributed by atoms with Crippen molar-refractivity contribution in [2.45, 2.75) is 4.87 Å². The quantitative estimate of drug-likeness (QED) is 0.496. The van der Waals surface area contributed by atoms with Crippen LogP contribution < -0.4 is 0 Å². The van der Waals surface area contributed by atoms with Crippen LogP contribution in [0.3, 0.4) is 0 Å². The summed E-state index contributed by atoms with van der Waals surface area (Å²) < 4.78 is 4.74. The van der Waals surface area contributed by atoms with Gasteiger partial charge >= 0.3 is 0 Å². The molecule has 0 bridgehead atoms. The Bertz CT molecular complexity index is 64.6. The maximum absolute atomic E-state index is 8.43. The fourth-order valence-electron chi connectivity index (χ4n) is 0.415. The Morgan fingerprint density at radius 2 is 2.29 bits per heavy atom. The molecule has 1 rings (SSSR count). The molecule has 0 aromatic carbocycles. The van der Waals surface area contributed by atoms with Gasteiger partial charge in [-0.3, -0.25) is 0 Å². The van der Waals surface area contributed by atoms with Crippen LogP contribution >= 0.6 is 11.6 Å². The SMILES string of the molecule is OCC1(Cl)COC1. The molecule has 0 aliphatic carbocycles. The van der Waals surface area contributed by atoms with E-state index in [1.807, 2.05) is 0 Å². The summed E-state index contributed by atoms with van der Waals surface area (Å²) in [4.78, 5) is -0.431. The summed E-state index contributed by atoms with van der Waals surface area (Å²) in [6, 6.07) is 0. The van der Waals surface area contributed by atoms with Crippen LogP contribution in [-0.4, -0.2) is 29.8 Å². The van der Waals surface area contributed by atoms with Crippen molar-refractivity contribution in [3.05, 3.63) is 0 Å². The van der Waals surface area contributed by atoms with Crippen molar-refractivity contribution in [2.75, 3.05) is 19.8 Å². The maximum atomic E-state index is 8.43. The Balaban J connectivity index is 2.29. The topological polar surface area (TPSA) is 29.5 Å². The monoisotopic (exact) mass is 122 g/mol. The summed E-state index contributed by atoms with van der Waals surface area (Å²) in [6.45, 7) is 1.00. The van der Waals surface area contributed by atoms with Gasteiger partial charge in [0, 0.05) is 0 Å². The van der Waals surface area contributed by atoms with E-state index < -0.39 is 4.87 Å². The highest BCUT2D eigenvalue weighted by atomic mass is 35.5. The van der Waals surface area contributed by atoms with Crippen molar-refractivity contribution in [1.82, 2.24) is 0 Å². The van der Waals surface area contributed by atoms with Crippen LogP contribution in [0.4, 0.5) is 0 Å². The summed E-state index contributed by atoms with van der Waals surface area (Å²) in [5, 5.41) is 8.43. The van der Waals surface area contributed by atoms with Gasteiger partial charge in [-0.2, -0.15) is 0 Å². The van der Waals surface area contributed by atoms with Crippen LogP contribution in [-0.2, 0) is 4.74 Å². The van der Waals surface area contributed by atoms with E-state index in [2.05, 4.69) is 0 Å². The maximum Gasteiger partial charge on any atom is 0.114 e. The molecular formula is C4H7ClO2. The van der Waals surface area contributed by atoms with E-state index in [9.17, 15) is 0 Å². The molecule has 2 nitrogen and oxygen atoms in total. The molecule has 0 amide bonds. The predicted octanol–water partition coefficient (Wildman–Crippen LogP) is -0.0135. The van der Waals surface area contributed by atoms with Gasteiger partial charge in [0.2, 0.25) is 0 Å². The summed E-state index contributed by atoms with van der Waals surface area (Å²) in [6.07, 6.45) is 0. The summed E-state index contributed by atoms with van der Waals surface area (Å²) in [7, 11) is 0. The standard InChI is InChI=1S/C4H7ClO2/c5-4(1-6)2-7-3-4/h6H,1-3H2. The smallest absolute Gasteiger partial charge is 0.114 e. The Morgan fingerprint density at radius 1 is 1.71 bits per heavy atom. The molecule has 0 unspecified atom stereocenters. The molecule has 0 aromatic rings. The largest absolute Gasteiger partial charge is 0.394 e. The fourth-order valence-corrected chi connectivity index (χ4v) is 0.569. The van der Waals surface area contributed by atoms with Gasteiger partial charge in [0.15, 0.2) is 0 Å². The first-order valence-corrected chi connectivity index (χ1v) is 2.52. The zero-order valence-corrected chi connectivity index (χ0v) is 4.61.